The van der Waals surface area contributed by atoms with Crippen molar-refractivity contribution in [1.82, 2.24) is 14.3 Å². The summed E-state index contributed by atoms with van der Waals surface area (Å²) in [7, 11) is 4.05. The lowest BCUT2D eigenvalue weighted by molar-refractivity contribution is -0.184. The van der Waals surface area contributed by atoms with Crippen LogP contribution >= 0.6 is 0 Å². The van der Waals surface area contributed by atoms with Gasteiger partial charge in [-0.1, -0.05) is 48.5 Å². The topological polar surface area (TPSA) is 111 Å². The molecule has 8 atom stereocenters. The monoisotopic (exact) mass is 818 g/mol. The molecule has 59 heavy (non-hydrogen) atoms. The molecule has 4 aliphatic rings. The molecule has 0 aliphatic heterocycles. The maximum Gasteiger partial charge on any atom is 0.309 e. The van der Waals surface area contributed by atoms with Crippen molar-refractivity contribution in [3.8, 4) is 5.69 Å². The summed E-state index contributed by atoms with van der Waals surface area (Å²) < 4.78 is 24.1. The molecular formula is C49H72FN3O6. The maximum absolute atomic E-state index is 14.6. The van der Waals surface area contributed by atoms with Crippen LogP contribution in [0.25, 0.3) is 5.69 Å². The number of hydrogen-bond acceptors (Lipinski definition) is 6. The minimum absolute atomic E-state index is 0.00788. The van der Waals surface area contributed by atoms with Gasteiger partial charge in [-0.3, -0.25) is 23.9 Å². The Labute approximate surface area is 352 Å². The molecule has 9 nitrogen and oxygen atoms in total. The molecule has 0 radical (unpaired) electrons. The number of carbonyl (C=O) groups excluding carboxylic acids is 2. The zero-order chi connectivity index (χ0) is 43.6. The van der Waals surface area contributed by atoms with Gasteiger partial charge in [0.05, 0.1) is 29.8 Å². The second-order valence-electron chi connectivity index (χ2n) is 21.0. The Morgan fingerprint density at radius 2 is 1.68 bits per heavy atom. The van der Waals surface area contributed by atoms with Crippen molar-refractivity contribution < 1.29 is 28.6 Å². The lowest BCUT2D eigenvalue weighted by atomic mass is 9.35. The predicted octanol–water partition coefficient (Wildman–Crippen LogP) is 9.68. The van der Waals surface area contributed by atoms with Crippen LogP contribution in [0.4, 0.5) is 4.39 Å². The molecule has 1 unspecified atom stereocenters. The van der Waals surface area contributed by atoms with E-state index >= 15 is 0 Å². The Kier molecular flexibility index (Phi) is 12.3. The first kappa shape index (κ1) is 45.0. The standard InChI is InChI=1S/C49H72FN3O6/c1-13-35(59-39(55)29-45(6,7)44(57)58)21-22-46(8)31(4)20-23-48(10)38(46)19-18-36-41-40(30(2)3)37(54)28-49(41,25-24-47(36,48)9)42-32(5)43(56)53(52(42)27-26-51(11)12)34-16-14-33(50)15-17-34/h14-17,30-31,35-36,38H,13,18-29H2,1-12H3,(H,57,58)/t31-,35?,36-,38-,46+,47-,48-,49-/m1/s1. The summed E-state index contributed by atoms with van der Waals surface area (Å²) in [6, 6.07) is 6.16. The van der Waals surface area contributed by atoms with E-state index in [1.807, 2.05) is 27.9 Å². The molecule has 1 N–H and O–H groups in total. The van der Waals surface area contributed by atoms with Crippen LogP contribution in [0, 0.1) is 58.1 Å². The molecule has 0 amide bonds. The fourth-order valence-corrected chi connectivity index (χ4v) is 13.0. The van der Waals surface area contributed by atoms with Gasteiger partial charge in [-0.25, -0.2) is 9.07 Å². The number of hydrogen-bond donors (Lipinski definition) is 1. The van der Waals surface area contributed by atoms with Crippen LogP contribution in [-0.4, -0.2) is 63.8 Å². The van der Waals surface area contributed by atoms with Gasteiger partial charge in [-0.05, 0) is 168 Å². The van der Waals surface area contributed by atoms with Crippen LogP contribution in [0.2, 0.25) is 0 Å². The van der Waals surface area contributed by atoms with E-state index in [0.717, 1.165) is 62.6 Å². The molecule has 3 saturated carbocycles. The first-order valence-corrected chi connectivity index (χ1v) is 22.4. The summed E-state index contributed by atoms with van der Waals surface area (Å²) in [4.78, 5) is 56.0. The third kappa shape index (κ3) is 7.39. The predicted molar refractivity (Wildman–Crippen MR) is 230 cm³/mol. The Morgan fingerprint density at radius 1 is 1.02 bits per heavy atom. The highest BCUT2D eigenvalue weighted by Gasteiger charge is 2.68. The second kappa shape index (κ2) is 16.1. The van der Waals surface area contributed by atoms with Crippen molar-refractivity contribution in [3.63, 3.8) is 0 Å². The number of carboxylic acid groups (broad SMARTS) is 1. The Bertz CT molecular complexity index is 2040. The zero-order valence-corrected chi connectivity index (χ0v) is 38.1. The number of halogens is 1. The smallest absolute Gasteiger partial charge is 0.309 e. The average molecular weight is 818 g/mol. The van der Waals surface area contributed by atoms with E-state index in [1.165, 1.54) is 17.7 Å². The van der Waals surface area contributed by atoms with Crippen molar-refractivity contribution in [2.24, 2.45) is 45.3 Å². The number of benzene rings is 1. The van der Waals surface area contributed by atoms with E-state index in [1.54, 1.807) is 30.7 Å². The quantitative estimate of drug-likeness (QED) is 0.189. The van der Waals surface area contributed by atoms with E-state index in [2.05, 4.69) is 51.1 Å². The molecule has 0 spiro atoms. The Morgan fingerprint density at radius 3 is 2.27 bits per heavy atom. The highest BCUT2D eigenvalue weighted by atomic mass is 19.1. The SMILES string of the molecule is CCC(CC[C@@]1(C)[C@H](C)CC[C@]2(C)[C@@H]1CC[C@@H]1C3=C(C(C)C)C(=O)C[C@]3(c3c(C)c(=O)n(-c4ccc(F)cc4)n3CCN(C)C)CC[C@]12C)OC(=O)CC(C)(C)C(=O)O. The fourth-order valence-electron chi connectivity index (χ4n) is 13.0. The van der Waals surface area contributed by atoms with E-state index < -0.39 is 22.8 Å². The molecule has 1 aromatic heterocycles. The maximum atomic E-state index is 14.6. The lowest BCUT2D eigenvalue weighted by Gasteiger charge is -2.69. The first-order chi connectivity index (χ1) is 27.5. The van der Waals surface area contributed by atoms with Gasteiger partial charge in [0.1, 0.15) is 11.9 Å². The highest BCUT2D eigenvalue weighted by molar-refractivity contribution is 6.02. The van der Waals surface area contributed by atoms with Gasteiger partial charge in [0.2, 0.25) is 0 Å². The largest absolute Gasteiger partial charge is 0.481 e. The number of likely N-dealkylation sites (N-methyl/N-ethyl adjacent to an activating group) is 1. The summed E-state index contributed by atoms with van der Waals surface area (Å²) in [5, 5.41) is 9.61. The normalized spacial score (nSPS) is 31.3. The van der Waals surface area contributed by atoms with Gasteiger partial charge < -0.3 is 14.7 Å². The molecule has 1 heterocycles. The van der Waals surface area contributed by atoms with Gasteiger partial charge >= 0.3 is 11.9 Å². The molecule has 4 aliphatic carbocycles. The van der Waals surface area contributed by atoms with Crippen molar-refractivity contribution in [2.75, 3.05) is 20.6 Å². The fraction of sp³-hybridized carbons (Fsp3) is 0.714. The summed E-state index contributed by atoms with van der Waals surface area (Å²) in [5.41, 5.74) is 2.46. The minimum atomic E-state index is -1.18. The average Bonchev–Trinajstić information content (AvgIpc) is 3.60. The number of aliphatic carboxylic acids is 1. The van der Waals surface area contributed by atoms with Crippen LogP contribution in [-0.2, 0) is 31.1 Å². The number of fused-ring (bicyclic) bond motifs is 5. The number of ether oxygens (including phenoxy) is 1. The van der Waals surface area contributed by atoms with Crippen LogP contribution < -0.4 is 5.56 Å². The second-order valence-corrected chi connectivity index (χ2v) is 21.0. The van der Waals surface area contributed by atoms with Gasteiger partial charge in [0.25, 0.3) is 5.56 Å². The number of nitrogens with zero attached hydrogens (tertiary/aromatic N) is 3. The summed E-state index contributed by atoms with van der Waals surface area (Å²) in [5.74, 6) is -0.498. The molecule has 2 aromatic rings. The summed E-state index contributed by atoms with van der Waals surface area (Å²) in [6.07, 6.45) is 8.19. The molecule has 0 saturated heterocycles. The van der Waals surface area contributed by atoms with Gasteiger partial charge in [0, 0.05) is 23.9 Å². The van der Waals surface area contributed by atoms with Crippen LogP contribution in [0.15, 0.2) is 40.2 Å². The first-order valence-electron chi connectivity index (χ1n) is 22.4. The van der Waals surface area contributed by atoms with E-state index in [4.69, 9.17) is 4.74 Å². The number of ketones is 1. The molecule has 3 fully saturated rings. The number of allylic oxidation sites excluding steroid dienone is 2. The van der Waals surface area contributed by atoms with Crippen LogP contribution in [0.1, 0.15) is 144 Å². The number of aromatic nitrogens is 2. The van der Waals surface area contributed by atoms with Crippen molar-refractivity contribution in [1.29, 1.82) is 0 Å². The molecule has 1 aromatic carbocycles. The zero-order valence-electron chi connectivity index (χ0n) is 38.1. The van der Waals surface area contributed by atoms with Crippen molar-refractivity contribution in [2.45, 2.75) is 158 Å². The van der Waals surface area contributed by atoms with E-state index in [9.17, 15) is 28.7 Å². The number of carboxylic acids is 1. The number of esters is 1. The van der Waals surface area contributed by atoms with Crippen LogP contribution in [0.3, 0.4) is 0 Å². The van der Waals surface area contributed by atoms with Crippen molar-refractivity contribution >= 4 is 17.7 Å². The third-order valence-electron chi connectivity index (χ3n) is 16.7. The number of rotatable bonds is 14. The van der Waals surface area contributed by atoms with Gasteiger partial charge in [-0.2, -0.15) is 0 Å². The number of carbonyl (C=O) groups is 3. The van der Waals surface area contributed by atoms with E-state index in [-0.39, 0.29) is 57.8 Å². The van der Waals surface area contributed by atoms with Gasteiger partial charge in [-0.15, -0.1) is 0 Å². The Hall–Kier alpha value is -3.53. The lowest BCUT2D eigenvalue weighted by Crippen LogP contribution is -2.62. The Balaban J connectivity index is 1.40. The highest BCUT2D eigenvalue weighted by Crippen LogP contribution is 2.75. The van der Waals surface area contributed by atoms with Crippen molar-refractivity contribution in [3.05, 3.63) is 62.8 Å². The van der Waals surface area contributed by atoms with Gasteiger partial charge in [0.15, 0.2) is 5.78 Å². The number of Topliss-reactive ketones (excluding diaryl/α,β-unsaturated/α-hetero) is 1. The summed E-state index contributed by atoms with van der Waals surface area (Å²) >= 11 is 0. The third-order valence-corrected chi connectivity index (χ3v) is 16.7. The summed E-state index contributed by atoms with van der Waals surface area (Å²) in [6.45, 7) is 22.6. The van der Waals surface area contributed by atoms with Crippen LogP contribution in [0.5, 0.6) is 0 Å². The molecular weight excluding hydrogens is 746 g/mol. The molecule has 326 valence electrons. The molecule has 10 heteroatoms. The van der Waals surface area contributed by atoms with E-state index in [0.29, 0.717) is 49.0 Å². The molecule has 0 bridgehead atoms. The molecule has 6 rings (SSSR count). The minimum Gasteiger partial charge on any atom is -0.481 e.